The van der Waals surface area contributed by atoms with Crippen LogP contribution in [0.2, 0.25) is 0 Å². The highest BCUT2D eigenvalue weighted by Gasteiger charge is 2.15. The first kappa shape index (κ1) is 12.9. The Bertz CT molecular complexity index is 633. The van der Waals surface area contributed by atoms with Crippen LogP contribution in [-0.4, -0.2) is 22.6 Å². The third-order valence-electron chi connectivity index (χ3n) is 4.01. The van der Waals surface area contributed by atoms with E-state index < -0.39 is 5.97 Å². The topological polar surface area (TPSA) is 62.2 Å². The van der Waals surface area contributed by atoms with Crippen LogP contribution in [0.25, 0.3) is 10.9 Å². The molecule has 0 atom stereocenters. The van der Waals surface area contributed by atoms with Crippen LogP contribution in [0.1, 0.15) is 36.0 Å². The number of nitrogens with zero attached hydrogens (tertiary/aromatic N) is 1. The molecule has 0 saturated heterocycles. The Labute approximate surface area is 117 Å². The van der Waals surface area contributed by atoms with Gasteiger partial charge in [-0.15, -0.1) is 0 Å². The maximum absolute atomic E-state index is 11.2. The van der Waals surface area contributed by atoms with Crippen LogP contribution in [0.4, 0.5) is 5.82 Å². The predicted octanol–water partition coefficient (Wildman–Crippen LogP) is 3.54. The highest BCUT2D eigenvalue weighted by atomic mass is 16.4. The number of pyridine rings is 1. The van der Waals surface area contributed by atoms with Gasteiger partial charge in [0.1, 0.15) is 5.82 Å². The maximum atomic E-state index is 11.2. The summed E-state index contributed by atoms with van der Waals surface area (Å²) >= 11 is 0. The zero-order valence-corrected chi connectivity index (χ0v) is 11.3. The third-order valence-corrected chi connectivity index (χ3v) is 4.01. The van der Waals surface area contributed by atoms with Crippen LogP contribution >= 0.6 is 0 Å². The number of hydrogen-bond donors (Lipinski definition) is 2. The van der Waals surface area contributed by atoms with E-state index in [-0.39, 0.29) is 0 Å². The van der Waals surface area contributed by atoms with E-state index in [0.717, 1.165) is 23.8 Å². The Morgan fingerprint density at radius 2 is 2.05 bits per heavy atom. The first-order chi connectivity index (χ1) is 9.74. The van der Waals surface area contributed by atoms with Gasteiger partial charge in [0.25, 0.3) is 0 Å². The van der Waals surface area contributed by atoms with Crippen molar-refractivity contribution in [3.8, 4) is 0 Å². The molecule has 104 valence electrons. The van der Waals surface area contributed by atoms with E-state index in [0.29, 0.717) is 10.9 Å². The summed E-state index contributed by atoms with van der Waals surface area (Å²) in [5, 5.41) is 13.2. The van der Waals surface area contributed by atoms with E-state index in [1.807, 2.05) is 18.2 Å². The lowest BCUT2D eigenvalue weighted by Crippen LogP contribution is -2.11. The fourth-order valence-electron chi connectivity index (χ4n) is 2.90. The van der Waals surface area contributed by atoms with E-state index >= 15 is 0 Å². The molecule has 1 aromatic heterocycles. The summed E-state index contributed by atoms with van der Waals surface area (Å²) in [6.07, 6.45) is 5.26. The number of fused-ring (bicyclic) bond motifs is 1. The Balaban J connectivity index is 1.81. The first-order valence-electron chi connectivity index (χ1n) is 7.11. The Hall–Kier alpha value is -2.10. The molecule has 1 heterocycles. The molecule has 0 spiro atoms. The SMILES string of the molecule is O=C(O)c1cccc2nc(NCC3CCCC3)ccc12. The van der Waals surface area contributed by atoms with Gasteiger partial charge in [0, 0.05) is 11.9 Å². The minimum absolute atomic E-state index is 0.303. The number of aromatic nitrogens is 1. The lowest BCUT2D eigenvalue weighted by molar-refractivity contribution is 0.0699. The zero-order valence-electron chi connectivity index (χ0n) is 11.3. The molecule has 20 heavy (non-hydrogen) atoms. The van der Waals surface area contributed by atoms with Crippen molar-refractivity contribution in [3.05, 3.63) is 35.9 Å². The van der Waals surface area contributed by atoms with Crippen LogP contribution in [-0.2, 0) is 0 Å². The number of carbonyl (C=O) groups is 1. The van der Waals surface area contributed by atoms with Crippen molar-refractivity contribution in [2.24, 2.45) is 5.92 Å². The molecule has 0 aliphatic heterocycles. The van der Waals surface area contributed by atoms with Crippen molar-refractivity contribution in [2.45, 2.75) is 25.7 Å². The quantitative estimate of drug-likeness (QED) is 0.892. The smallest absolute Gasteiger partial charge is 0.336 e. The van der Waals surface area contributed by atoms with Crippen molar-refractivity contribution >= 4 is 22.7 Å². The van der Waals surface area contributed by atoms with Gasteiger partial charge in [-0.25, -0.2) is 9.78 Å². The van der Waals surface area contributed by atoms with Crippen molar-refractivity contribution in [1.29, 1.82) is 0 Å². The van der Waals surface area contributed by atoms with Crippen LogP contribution in [0.5, 0.6) is 0 Å². The highest BCUT2D eigenvalue weighted by molar-refractivity contribution is 6.02. The number of carboxylic acids is 1. The number of anilines is 1. The second-order valence-corrected chi connectivity index (χ2v) is 5.41. The molecule has 0 unspecified atom stereocenters. The molecule has 2 aromatic rings. The predicted molar refractivity (Wildman–Crippen MR) is 79.2 cm³/mol. The largest absolute Gasteiger partial charge is 0.478 e. The van der Waals surface area contributed by atoms with Gasteiger partial charge in [-0.1, -0.05) is 18.9 Å². The van der Waals surface area contributed by atoms with Crippen LogP contribution in [0.15, 0.2) is 30.3 Å². The van der Waals surface area contributed by atoms with Gasteiger partial charge in [-0.2, -0.15) is 0 Å². The third kappa shape index (κ3) is 2.59. The maximum Gasteiger partial charge on any atom is 0.336 e. The summed E-state index contributed by atoms with van der Waals surface area (Å²) in [5.41, 5.74) is 1.03. The fraction of sp³-hybridized carbons (Fsp3) is 0.375. The molecule has 1 fully saturated rings. The van der Waals surface area contributed by atoms with Crippen molar-refractivity contribution in [2.75, 3.05) is 11.9 Å². The summed E-state index contributed by atoms with van der Waals surface area (Å²) < 4.78 is 0. The number of rotatable bonds is 4. The Kier molecular flexibility index (Phi) is 3.54. The summed E-state index contributed by atoms with van der Waals surface area (Å²) in [7, 11) is 0. The normalized spacial score (nSPS) is 15.6. The molecule has 0 amide bonds. The van der Waals surface area contributed by atoms with E-state index in [9.17, 15) is 4.79 Å². The molecule has 1 aromatic carbocycles. The van der Waals surface area contributed by atoms with Crippen molar-refractivity contribution < 1.29 is 9.90 Å². The molecular formula is C16H18N2O2. The van der Waals surface area contributed by atoms with Crippen LogP contribution in [0, 0.1) is 5.92 Å². The molecule has 0 bridgehead atoms. The molecule has 1 saturated carbocycles. The first-order valence-corrected chi connectivity index (χ1v) is 7.11. The van der Waals surface area contributed by atoms with E-state index in [2.05, 4.69) is 10.3 Å². The summed E-state index contributed by atoms with van der Waals surface area (Å²) in [4.78, 5) is 15.7. The van der Waals surface area contributed by atoms with Gasteiger partial charge in [-0.3, -0.25) is 0 Å². The molecule has 1 aliphatic carbocycles. The second kappa shape index (κ2) is 5.49. The highest BCUT2D eigenvalue weighted by Crippen LogP contribution is 2.25. The summed E-state index contributed by atoms with van der Waals surface area (Å²) in [6.45, 7) is 0.955. The standard InChI is InChI=1S/C16H18N2O2/c19-16(20)13-6-3-7-14-12(13)8-9-15(18-14)17-10-11-4-1-2-5-11/h3,6-9,11H,1-2,4-5,10H2,(H,17,18)(H,19,20). The van der Waals surface area contributed by atoms with Gasteiger partial charge in [0.2, 0.25) is 0 Å². The number of hydrogen-bond acceptors (Lipinski definition) is 3. The van der Waals surface area contributed by atoms with E-state index in [1.165, 1.54) is 25.7 Å². The Morgan fingerprint density at radius 1 is 1.25 bits per heavy atom. The molecule has 0 radical (unpaired) electrons. The van der Waals surface area contributed by atoms with Gasteiger partial charge < -0.3 is 10.4 Å². The summed E-state index contributed by atoms with van der Waals surface area (Å²) in [5.74, 6) is 0.661. The second-order valence-electron chi connectivity index (χ2n) is 5.41. The number of aromatic carboxylic acids is 1. The van der Waals surface area contributed by atoms with Crippen LogP contribution in [0.3, 0.4) is 0 Å². The monoisotopic (exact) mass is 270 g/mol. The zero-order chi connectivity index (χ0) is 13.9. The molecule has 4 nitrogen and oxygen atoms in total. The lowest BCUT2D eigenvalue weighted by Gasteiger charge is -2.12. The lowest BCUT2D eigenvalue weighted by atomic mass is 10.1. The molecule has 1 aliphatic rings. The van der Waals surface area contributed by atoms with Crippen LogP contribution < -0.4 is 5.32 Å². The minimum atomic E-state index is -0.913. The van der Waals surface area contributed by atoms with E-state index in [1.54, 1.807) is 12.1 Å². The van der Waals surface area contributed by atoms with Crippen molar-refractivity contribution in [3.63, 3.8) is 0 Å². The molecular weight excluding hydrogens is 252 g/mol. The van der Waals surface area contributed by atoms with Gasteiger partial charge in [0.05, 0.1) is 11.1 Å². The van der Waals surface area contributed by atoms with Gasteiger partial charge in [0.15, 0.2) is 0 Å². The minimum Gasteiger partial charge on any atom is -0.478 e. The molecule has 2 N–H and O–H groups in total. The summed E-state index contributed by atoms with van der Waals surface area (Å²) in [6, 6.07) is 8.90. The van der Waals surface area contributed by atoms with Gasteiger partial charge in [-0.05, 0) is 43.0 Å². The number of benzene rings is 1. The van der Waals surface area contributed by atoms with Gasteiger partial charge >= 0.3 is 5.97 Å². The molecule has 3 rings (SSSR count). The van der Waals surface area contributed by atoms with E-state index in [4.69, 9.17) is 5.11 Å². The fourth-order valence-corrected chi connectivity index (χ4v) is 2.90. The average Bonchev–Trinajstić information content (AvgIpc) is 2.97. The number of carboxylic acid groups (broad SMARTS) is 1. The Morgan fingerprint density at radius 3 is 2.80 bits per heavy atom. The van der Waals surface area contributed by atoms with Crippen molar-refractivity contribution in [1.82, 2.24) is 4.98 Å². The molecule has 4 heteroatoms. The average molecular weight is 270 g/mol. The number of nitrogens with one attached hydrogen (secondary N) is 1.